The lowest BCUT2D eigenvalue weighted by atomic mass is 9.94. The zero-order valence-corrected chi connectivity index (χ0v) is 25.8. The molecule has 0 bridgehead atoms. The molecule has 1 aromatic heterocycles. The van der Waals surface area contributed by atoms with Crippen LogP contribution in [0.25, 0.3) is 0 Å². The van der Waals surface area contributed by atoms with Crippen LogP contribution in [0.5, 0.6) is 11.5 Å². The van der Waals surface area contributed by atoms with E-state index in [4.69, 9.17) is 14.6 Å². The molecule has 1 aliphatic heterocycles. The molecule has 5 rings (SSSR count). The van der Waals surface area contributed by atoms with Crippen LogP contribution in [-0.2, 0) is 11.4 Å². The first-order chi connectivity index (χ1) is 19.9. The lowest BCUT2D eigenvalue weighted by Gasteiger charge is -2.29. The van der Waals surface area contributed by atoms with E-state index in [0.717, 1.165) is 32.6 Å². The van der Waals surface area contributed by atoms with Crippen molar-refractivity contribution in [3.8, 4) is 11.5 Å². The molecule has 212 valence electrons. The van der Waals surface area contributed by atoms with Crippen molar-refractivity contribution < 1.29 is 14.3 Å². The number of nitrogens with one attached hydrogen (secondary N) is 2. The maximum absolute atomic E-state index is 13.8. The van der Waals surface area contributed by atoms with Crippen molar-refractivity contribution in [2.75, 3.05) is 23.0 Å². The van der Waals surface area contributed by atoms with Crippen LogP contribution in [0.15, 0.2) is 87.6 Å². The Hall–Kier alpha value is -3.76. The smallest absolute Gasteiger partial charge is 0.255 e. The molecule has 0 radical (unpaired) electrons. The van der Waals surface area contributed by atoms with Gasteiger partial charge < -0.3 is 20.1 Å². The molecule has 1 amide bonds. The van der Waals surface area contributed by atoms with Gasteiger partial charge in [0.2, 0.25) is 11.1 Å². The van der Waals surface area contributed by atoms with Crippen molar-refractivity contribution in [2.45, 2.75) is 45.5 Å². The molecule has 3 aromatic carbocycles. The van der Waals surface area contributed by atoms with Crippen LogP contribution < -0.4 is 20.1 Å². The van der Waals surface area contributed by atoms with Gasteiger partial charge >= 0.3 is 0 Å². The lowest BCUT2D eigenvalue weighted by molar-refractivity contribution is -0.113. The number of benzene rings is 3. The second-order valence-corrected chi connectivity index (χ2v) is 11.7. The first-order valence-electron chi connectivity index (χ1n) is 13.5. The summed E-state index contributed by atoms with van der Waals surface area (Å²) in [6.07, 6.45) is 0. The maximum Gasteiger partial charge on any atom is 0.255 e. The largest absolute Gasteiger partial charge is 0.490 e. The van der Waals surface area contributed by atoms with E-state index in [9.17, 15) is 4.79 Å². The van der Waals surface area contributed by atoms with E-state index in [1.54, 1.807) is 16.4 Å². The molecule has 2 heterocycles. The van der Waals surface area contributed by atoms with Gasteiger partial charge in [-0.3, -0.25) is 4.79 Å². The van der Waals surface area contributed by atoms with Crippen LogP contribution in [0.2, 0.25) is 0 Å². The Morgan fingerprint density at radius 1 is 1.05 bits per heavy atom. The molecule has 4 aromatic rings. The molecule has 0 saturated carbocycles. The minimum atomic E-state index is -0.534. The van der Waals surface area contributed by atoms with Crippen molar-refractivity contribution in [1.82, 2.24) is 14.8 Å². The van der Waals surface area contributed by atoms with Crippen LogP contribution >= 0.6 is 27.7 Å². The number of hydrogen-bond acceptors (Lipinski definition) is 7. The Bertz CT molecular complexity index is 1600. The molecular weight excluding hydrogens is 602 g/mol. The summed E-state index contributed by atoms with van der Waals surface area (Å²) >= 11 is 5.07. The highest BCUT2D eigenvalue weighted by Gasteiger charge is 2.35. The average molecular weight is 635 g/mol. The third-order valence-corrected chi connectivity index (χ3v) is 7.71. The van der Waals surface area contributed by atoms with Crippen molar-refractivity contribution in [3.63, 3.8) is 0 Å². The molecule has 1 aliphatic rings. The van der Waals surface area contributed by atoms with E-state index < -0.39 is 6.04 Å². The normalized spacial score (nSPS) is 14.3. The molecule has 0 fully saturated rings. The van der Waals surface area contributed by atoms with Crippen LogP contribution in [-0.4, -0.2) is 33.0 Å². The highest BCUT2D eigenvalue weighted by molar-refractivity contribution is 9.10. The summed E-state index contributed by atoms with van der Waals surface area (Å²) < 4.78 is 15.0. The van der Waals surface area contributed by atoms with Crippen molar-refractivity contribution >= 4 is 45.2 Å². The van der Waals surface area contributed by atoms with Crippen LogP contribution in [0.1, 0.15) is 43.5 Å². The molecule has 10 heteroatoms. The lowest BCUT2D eigenvalue weighted by Crippen LogP contribution is -2.31. The fourth-order valence-electron chi connectivity index (χ4n) is 4.72. The summed E-state index contributed by atoms with van der Waals surface area (Å²) in [5.74, 6) is 2.42. The molecule has 8 nitrogen and oxygen atoms in total. The summed E-state index contributed by atoms with van der Waals surface area (Å²) in [4.78, 5) is 18.5. The molecule has 0 saturated heterocycles. The van der Waals surface area contributed by atoms with Gasteiger partial charge in [0.1, 0.15) is 12.6 Å². The van der Waals surface area contributed by atoms with E-state index in [1.807, 2.05) is 87.5 Å². The van der Waals surface area contributed by atoms with Crippen LogP contribution in [0.3, 0.4) is 0 Å². The molecule has 2 N–H and O–H groups in total. The molecular formula is C31H32BrN5O3S. The second kappa shape index (κ2) is 12.8. The van der Waals surface area contributed by atoms with Gasteiger partial charge in [-0.15, -0.1) is 5.10 Å². The third-order valence-electron chi connectivity index (χ3n) is 6.49. The number of fused-ring (bicyclic) bond motifs is 1. The number of aromatic nitrogens is 3. The summed E-state index contributed by atoms with van der Waals surface area (Å²) in [6.45, 7) is 8.73. The predicted molar refractivity (Wildman–Crippen MR) is 167 cm³/mol. The fraction of sp³-hybridized carbons (Fsp3) is 0.258. The fourth-order valence-corrected chi connectivity index (χ4v) is 5.72. The van der Waals surface area contributed by atoms with Crippen molar-refractivity contribution in [1.29, 1.82) is 0 Å². The molecule has 0 spiro atoms. The Balaban J connectivity index is 1.53. The SMILES string of the molecule is CCOc1cc(C2C(C(=O)Nc3cccc(C)c3)=C(C)Nc3nc(SCC)nn32)ccc1OCc1cccc(Br)c1. The van der Waals surface area contributed by atoms with Gasteiger partial charge in [-0.1, -0.05) is 64.9 Å². The predicted octanol–water partition coefficient (Wildman–Crippen LogP) is 7.37. The summed E-state index contributed by atoms with van der Waals surface area (Å²) in [5.41, 5.74) is 4.91. The van der Waals surface area contributed by atoms with E-state index in [-0.39, 0.29) is 5.91 Å². The van der Waals surface area contributed by atoms with E-state index in [2.05, 4.69) is 38.5 Å². The topological polar surface area (TPSA) is 90.3 Å². The average Bonchev–Trinajstić information content (AvgIpc) is 3.33. The Labute approximate surface area is 252 Å². The number of rotatable bonds is 10. The summed E-state index contributed by atoms with van der Waals surface area (Å²) in [5, 5.41) is 11.8. The number of allylic oxidation sites excluding steroid dienone is 1. The molecule has 1 unspecified atom stereocenters. The minimum Gasteiger partial charge on any atom is -0.490 e. The zero-order valence-electron chi connectivity index (χ0n) is 23.4. The molecule has 41 heavy (non-hydrogen) atoms. The molecule has 1 atom stereocenters. The van der Waals surface area contributed by atoms with Crippen LogP contribution in [0, 0.1) is 6.92 Å². The van der Waals surface area contributed by atoms with Gasteiger partial charge in [-0.05, 0) is 79.6 Å². The van der Waals surface area contributed by atoms with Crippen molar-refractivity contribution in [2.24, 2.45) is 0 Å². The van der Waals surface area contributed by atoms with Gasteiger partial charge in [-0.2, -0.15) is 4.98 Å². The van der Waals surface area contributed by atoms with Gasteiger partial charge in [0.05, 0.1) is 12.2 Å². The van der Waals surface area contributed by atoms with E-state index >= 15 is 0 Å². The number of amides is 1. The summed E-state index contributed by atoms with van der Waals surface area (Å²) in [7, 11) is 0. The Morgan fingerprint density at radius 3 is 2.63 bits per heavy atom. The number of nitrogens with zero attached hydrogens (tertiary/aromatic N) is 3. The highest BCUT2D eigenvalue weighted by Crippen LogP contribution is 2.40. The standard InChI is InChI=1S/C31H32BrN5O3S/c1-5-39-26-17-22(13-14-25(26)40-18-21-10-8-11-23(32)16-21)28-27(29(38)34-24-12-7-9-19(3)15-24)20(4)33-30-35-31(41-6-2)36-37(28)30/h7-17,28H,5-6,18H2,1-4H3,(H,34,38)(H,33,35,36). The number of aryl methyl sites for hydroxylation is 1. The third kappa shape index (κ3) is 6.60. The zero-order chi connectivity index (χ0) is 28.9. The number of carbonyl (C=O) groups excluding carboxylic acids is 1. The first kappa shape index (κ1) is 28.8. The monoisotopic (exact) mass is 633 g/mol. The number of ether oxygens (including phenoxy) is 2. The minimum absolute atomic E-state index is 0.218. The van der Waals surface area contributed by atoms with Gasteiger partial charge in [0.25, 0.3) is 5.91 Å². The van der Waals surface area contributed by atoms with E-state index in [1.165, 1.54) is 0 Å². The number of halogens is 1. The Morgan fingerprint density at radius 2 is 1.88 bits per heavy atom. The highest BCUT2D eigenvalue weighted by atomic mass is 79.9. The number of hydrogen-bond donors (Lipinski definition) is 2. The van der Waals surface area contributed by atoms with Crippen LogP contribution in [0.4, 0.5) is 11.6 Å². The number of carbonyl (C=O) groups is 1. The number of thioether (sulfide) groups is 1. The second-order valence-electron chi connectivity index (χ2n) is 9.54. The Kier molecular flexibility index (Phi) is 8.99. The van der Waals surface area contributed by atoms with Gasteiger partial charge in [0, 0.05) is 15.9 Å². The first-order valence-corrected chi connectivity index (χ1v) is 15.2. The quantitative estimate of drug-likeness (QED) is 0.176. The van der Waals surface area contributed by atoms with Crippen molar-refractivity contribution in [3.05, 3.63) is 99.2 Å². The molecule has 0 aliphatic carbocycles. The van der Waals surface area contributed by atoms with Gasteiger partial charge in [0.15, 0.2) is 11.5 Å². The van der Waals surface area contributed by atoms with E-state index in [0.29, 0.717) is 47.1 Å². The number of anilines is 2. The summed E-state index contributed by atoms with van der Waals surface area (Å²) in [6, 6.07) is 21.0. The maximum atomic E-state index is 13.8. The van der Waals surface area contributed by atoms with Gasteiger partial charge in [-0.25, -0.2) is 4.68 Å².